The molecule has 4 nitrogen and oxygen atoms in total. The van der Waals surface area contributed by atoms with Crippen LogP contribution < -0.4 is 15.2 Å². The lowest BCUT2D eigenvalue weighted by atomic mass is 10.1. The number of methoxy groups -OCH3 is 1. The third kappa shape index (κ3) is 1.10. The molecule has 1 heterocycles. The molecular formula is C9H11NO3. The Balaban J connectivity index is 2.54. The summed E-state index contributed by atoms with van der Waals surface area (Å²) in [7, 11) is 1.50. The van der Waals surface area contributed by atoms with E-state index in [1.165, 1.54) is 7.11 Å². The van der Waals surface area contributed by atoms with Gasteiger partial charge in [0.15, 0.2) is 11.5 Å². The summed E-state index contributed by atoms with van der Waals surface area (Å²) in [4.78, 5) is 0. The van der Waals surface area contributed by atoms with Crippen molar-refractivity contribution in [1.29, 1.82) is 0 Å². The summed E-state index contributed by atoms with van der Waals surface area (Å²) in [6, 6.07) is 3.35. The number of nitrogens with two attached hydrogens (primary N) is 1. The molecule has 0 radical (unpaired) electrons. The Kier molecular flexibility index (Phi) is 1.77. The van der Waals surface area contributed by atoms with Crippen LogP contribution in [0.15, 0.2) is 12.1 Å². The zero-order valence-corrected chi connectivity index (χ0v) is 7.28. The molecule has 3 N–H and O–H groups in total. The average molecular weight is 181 g/mol. The number of rotatable bonds is 1. The van der Waals surface area contributed by atoms with E-state index in [9.17, 15) is 5.11 Å². The third-order valence-corrected chi connectivity index (χ3v) is 2.15. The van der Waals surface area contributed by atoms with E-state index in [0.29, 0.717) is 18.1 Å². The third-order valence-electron chi connectivity index (χ3n) is 2.15. The minimum absolute atomic E-state index is 0.0351. The highest BCUT2D eigenvalue weighted by Gasteiger charge is 2.25. The normalized spacial score (nSPS) is 19.4. The molecule has 0 spiro atoms. The highest BCUT2D eigenvalue weighted by Crippen LogP contribution is 2.44. The molecule has 0 unspecified atom stereocenters. The first-order chi connectivity index (χ1) is 6.24. The van der Waals surface area contributed by atoms with Gasteiger partial charge in [-0.2, -0.15) is 0 Å². The highest BCUT2D eigenvalue weighted by molar-refractivity contribution is 5.57. The van der Waals surface area contributed by atoms with Gasteiger partial charge in [0.1, 0.15) is 6.61 Å². The molecule has 1 aromatic carbocycles. The molecule has 2 rings (SSSR count). The molecular weight excluding hydrogens is 170 g/mol. The average Bonchev–Trinajstić information content (AvgIpc) is 2.50. The fourth-order valence-corrected chi connectivity index (χ4v) is 1.44. The number of phenolic OH excluding ortho intramolecular Hbond substituents is 1. The van der Waals surface area contributed by atoms with Crippen LogP contribution in [0.4, 0.5) is 0 Å². The minimum Gasteiger partial charge on any atom is -0.502 e. The van der Waals surface area contributed by atoms with E-state index in [2.05, 4.69) is 0 Å². The van der Waals surface area contributed by atoms with Gasteiger partial charge >= 0.3 is 0 Å². The number of hydrogen-bond acceptors (Lipinski definition) is 4. The van der Waals surface area contributed by atoms with Gasteiger partial charge in [0.25, 0.3) is 0 Å². The molecule has 1 aromatic rings. The lowest BCUT2D eigenvalue weighted by Gasteiger charge is -2.07. The summed E-state index contributed by atoms with van der Waals surface area (Å²) >= 11 is 0. The number of aromatic hydroxyl groups is 1. The van der Waals surface area contributed by atoms with Gasteiger partial charge in [-0.3, -0.25) is 0 Å². The fraction of sp³-hybridized carbons (Fsp3) is 0.333. The summed E-state index contributed by atoms with van der Waals surface area (Å²) in [6.45, 7) is 0.413. The van der Waals surface area contributed by atoms with Gasteiger partial charge in [-0.15, -0.1) is 0 Å². The number of benzene rings is 1. The molecule has 13 heavy (non-hydrogen) atoms. The molecule has 0 saturated heterocycles. The molecule has 0 saturated carbocycles. The molecule has 4 heteroatoms. The van der Waals surface area contributed by atoms with Crippen molar-refractivity contribution >= 4 is 0 Å². The second-order valence-corrected chi connectivity index (χ2v) is 2.95. The first-order valence-corrected chi connectivity index (χ1v) is 4.02. The largest absolute Gasteiger partial charge is 0.502 e. The van der Waals surface area contributed by atoms with E-state index >= 15 is 0 Å². The second kappa shape index (κ2) is 2.81. The lowest BCUT2D eigenvalue weighted by molar-refractivity contribution is 0.307. The van der Waals surface area contributed by atoms with Crippen molar-refractivity contribution in [3.05, 3.63) is 17.7 Å². The van der Waals surface area contributed by atoms with Crippen molar-refractivity contribution in [3.8, 4) is 17.2 Å². The minimum atomic E-state index is -0.146. The highest BCUT2D eigenvalue weighted by atomic mass is 16.5. The molecule has 1 atom stereocenters. The van der Waals surface area contributed by atoms with Crippen molar-refractivity contribution < 1.29 is 14.6 Å². The zero-order valence-electron chi connectivity index (χ0n) is 7.28. The molecule has 0 bridgehead atoms. The van der Waals surface area contributed by atoms with E-state index in [1.54, 1.807) is 6.07 Å². The number of phenols is 1. The van der Waals surface area contributed by atoms with Crippen LogP contribution in [-0.4, -0.2) is 18.8 Å². The van der Waals surface area contributed by atoms with Gasteiger partial charge in [0.2, 0.25) is 5.75 Å². The number of ether oxygens (including phenoxy) is 2. The van der Waals surface area contributed by atoms with E-state index in [4.69, 9.17) is 15.2 Å². The van der Waals surface area contributed by atoms with Crippen molar-refractivity contribution in [2.45, 2.75) is 6.04 Å². The summed E-state index contributed by atoms with van der Waals surface area (Å²) < 4.78 is 10.2. The second-order valence-electron chi connectivity index (χ2n) is 2.95. The van der Waals surface area contributed by atoms with Gasteiger partial charge in [0, 0.05) is 5.56 Å². The van der Waals surface area contributed by atoms with E-state index in [1.807, 2.05) is 6.07 Å². The van der Waals surface area contributed by atoms with Crippen LogP contribution in [0.5, 0.6) is 17.2 Å². The molecule has 0 amide bonds. The Bertz CT molecular complexity index is 338. The summed E-state index contributed by atoms with van der Waals surface area (Å²) in [6.07, 6.45) is 0. The molecule has 70 valence electrons. The molecule has 1 aliphatic heterocycles. The summed E-state index contributed by atoms with van der Waals surface area (Å²) in [5.41, 5.74) is 6.56. The Morgan fingerprint density at radius 1 is 1.62 bits per heavy atom. The zero-order chi connectivity index (χ0) is 9.42. The number of hydrogen-bond donors (Lipinski definition) is 2. The Morgan fingerprint density at radius 2 is 2.38 bits per heavy atom. The van der Waals surface area contributed by atoms with Gasteiger partial charge in [-0.25, -0.2) is 0 Å². The van der Waals surface area contributed by atoms with Crippen LogP contribution in [0.1, 0.15) is 11.6 Å². The van der Waals surface area contributed by atoms with Crippen molar-refractivity contribution in [2.75, 3.05) is 13.7 Å². The van der Waals surface area contributed by atoms with Crippen molar-refractivity contribution in [2.24, 2.45) is 5.73 Å². The standard InChI is InChI=1S/C9H11NO3/c1-12-7-3-2-5-6(10)4-13-9(5)8(7)11/h2-3,6,11H,4,10H2,1H3/t6-/m1/s1. The monoisotopic (exact) mass is 181 g/mol. The molecule has 0 aromatic heterocycles. The quantitative estimate of drug-likeness (QED) is 0.672. The Hall–Kier alpha value is -1.42. The number of fused-ring (bicyclic) bond motifs is 1. The topological polar surface area (TPSA) is 64.7 Å². The van der Waals surface area contributed by atoms with Crippen LogP contribution in [-0.2, 0) is 0 Å². The van der Waals surface area contributed by atoms with E-state index < -0.39 is 0 Å². The maximum absolute atomic E-state index is 9.62. The smallest absolute Gasteiger partial charge is 0.201 e. The van der Waals surface area contributed by atoms with Crippen LogP contribution in [0.25, 0.3) is 0 Å². The van der Waals surface area contributed by atoms with Crippen LogP contribution in [0.3, 0.4) is 0 Å². The van der Waals surface area contributed by atoms with Gasteiger partial charge < -0.3 is 20.3 Å². The Labute approximate surface area is 75.9 Å². The first-order valence-electron chi connectivity index (χ1n) is 4.02. The maximum Gasteiger partial charge on any atom is 0.201 e. The molecule has 0 aliphatic carbocycles. The molecule has 1 aliphatic rings. The lowest BCUT2D eigenvalue weighted by Crippen LogP contribution is -2.10. The van der Waals surface area contributed by atoms with Gasteiger partial charge in [0.05, 0.1) is 13.2 Å². The van der Waals surface area contributed by atoms with Crippen LogP contribution in [0, 0.1) is 0 Å². The summed E-state index contributed by atoms with van der Waals surface area (Å²) in [5.74, 6) is 0.896. The Morgan fingerprint density at radius 3 is 3.08 bits per heavy atom. The van der Waals surface area contributed by atoms with Crippen LogP contribution in [0.2, 0.25) is 0 Å². The fourth-order valence-electron chi connectivity index (χ4n) is 1.44. The predicted molar refractivity (Wildman–Crippen MR) is 47.1 cm³/mol. The first kappa shape index (κ1) is 8.19. The van der Waals surface area contributed by atoms with Crippen molar-refractivity contribution in [3.63, 3.8) is 0 Å². The van der Waals surface area contributed by atoms with Crippen LogP contribution >= 0.6 is 0 Å². The van der Waals surface area contributed by atoms with Gasteiger partial charge in [-0.1, -0.05) is 0 Å². The van der Waals surface area contributed by atoms with E-state index in [0.717, 1.165) is 5.56 Å². The van der Waals surface area contributed by atoms with Gasteiger partial charge in [-0.05, 0) is 12.1 Å². The SMILES string of the molecule is COc1ccc2c(c1O)OC[C@H]2N. The predicted octanol–water partition coefficient (Wildman–Crippen LogP) is 0.793. The molecule has 0 fully saturated rings. The van der Waals surface area contributed by atoms with Crippen molar-refractivity contribution in [1.82, 2.24) is 0 Å². The van der Waals surface area contributed by atoms with E-state index in [-0.39, 0.29) is 11.8 Å². The maximum atomic E-state index is 9.62. The summed E-state index contributed by atoms with van der Waals surface area (Å²) in [5, 5.41) is 9.62.